The molecule has 5 aromatic rings. The van der Waals surface area contributed by atoms with Gasteiger partial charge in [0, 0.05) is 18.3 Å². The Labute approximate surface area is 232 Å². The average Bonchev–Trinajstić information content (AvgIpc) is 3.62. The second kappa shape index (κ2) is 10.2. The van der Waals surface area contributed by atoms with Gasteiger partial charge in [-0.1, -0.05) is 30.3 Å². The fourth-order valence-corrected chi connectivity index (χ4v) is 4.91. The van der Waals surface area contributed by atoms with Crippen LogP contribution in [0.2, 0.25) is 0 Å². The summed E-state index contributed by atoms with van der Waals surface area (Å²) in [6, 6.07) is 16.3. The number of hydrogen-bond donors (Lipinski definition) is 0. The molecule has 0 unspecified atom stereocenters. The van der Waals surface area contributed by atoms with Crippen LogP contribution in [0, 0.1) is 6.92 Å². The van der Waals surface area contributed by atoms with Gasteiger partial charge in [0.05, 0.1) is 31.2 Å². The Hall–Kier alpha value is -5.00. The molecule has 2 aromatic carbocycles. The van der Waals surface area contributed by atoms with E-state index >= 15 is 0 Å². The van der Waals surface area contributed by atoms with E-state index in [-0.39, 0.29) is 12.5 Å². The van der Waals surface area contributed by atoms with E-state index in [0.717, 1.165) is 17.8 Å². The molecule has 0 N–H and O–H groups in total. The predicted molar refractivity (Wildman–Crippen MR) is 142 cm³/mol. The number of nitrogens with zero attached hydrogens (tertiary/aromatic N) is 7. The monoisotopic (exact) mass is 559 g/mol. The lowest BCUT2D eigenvalue weighted by Crippen LogP contribution is -2.43. The van der Waals surface area contributed by atoms with E-state index in [1.165, 1.54) is 19.2 Å². The van der Waals surface area contributed by atoms with Gasteiger partial charge in [0.2, 0.25) is 5.88 Å². The minimum atomic E-state index is -4.48. The van der Waals surface area contributed by atoms with Crippen LogP contribution in [-0.4, -0.2) is 53.8 Å². The number of carbonyl (C=O) groups excluding carboxylic acids is 1. The van der Waals surface area contributed by atoms with E-state index < -0.39 is 17.8 Å². The molecule has 0 saturated heterocycles. The molecule has 0 fully saturated rings. The van der Waals surface area contributed by atoms with Crippen LogP contribution in [0.15, 0.2) is 79.3 Å². The van der Waals surface area contributed by atoms with Crippen LogP contribution in [0.4, 0.5) is 13.2 Å². The lowest BCUT2D eigenvalue weighted by Gasteiger charge is -2.35. The Bertz CT molecular complexity index is 1710. The second-order valence-corrected chi connectivity index (χ2v) is 9.55. The van der Waals surface area contributed by atoms with Gasteiger partial charge in [-0.3, -0.25) is 4.79 Å². The molecule has 6 rings (SSSR count). The maximum atomic E-state index is 13.6. The van der Waals surface area contributed by atoms with Crippen molar-refractivity contribution >= 4 is 5.91 Å². The van der Waals surface area contributed by atoms with Crippen LogP contribution in [0.1, 0.15) is 39.0 Å². The highest BCUT2D eigenvalue weighted by molar-refractivity contribution is 5.94. The maximum absolute atomic E-state index is 13.6. The lowest BCUT2D eigenvalue weighted by molar-refractivity contribution is -0.137. The maximum Gasteiger partial charge on any atom is 0.416 e. The molecule has 0 spiro atoms. The lowest BCUT2D eigenvalue weighted by atomic mass is 9.99. The number of aromatic nitrogens is 6. The van der Waals surface area contributed by atoms with Gasteiger partial charge in [-0.15, -0.1) is 5.10 Å². The number of alkyl halides is 3. The third kappa shape index (κ3) is 4.92. The summed E-state index contributed by atoms with van der Waals surface area (Å²) in [7, 11) is 1.51. The fourth-order valence-electron chi connectivity index (χ4n) is 4.91. The van der Waals surface area contributed by atoms with Crippen LogP contribution in [0.25, 0.3) is 17.2 Å². The SMILES string of the molecule is COc1nc(-c2nc3n(n2)CCN(C(=O)c2ccccc2)[C@H]3c2ccc(C(F)(F)F)cc2)ccc1-n1cnc(C)c1. The van der Waals surface area contributed by atoms with Crippen molar-refractivity contribution in [1.82, 2.24) is 34.2 Å². The number of pyridine rings is 1. The third-order valence-electron chi connectivity index (χ3n) is 6.90. The summed E-state index contributed by atoms with van der Waals surface area (Å²) < 4.78 is 48.9. The summed E-state index contributed by atoms with van der Waals surface area (Å²) in [6.45, 7) is 2.51. The van der Waals surface area contributed by atoms with Crippen LogP contribution in [-0.2, 0) is 12.7 Å². The molecule has 0 bridgehead atoms. The van der Waals surface area contributed by atoms with Gasteiger partial charge in [-0.05, 0) is 48.9 Å². The number of benzene rings is 2. The number of hydrogen-bond acceptors (Lipinski definition) is 6. The third-order valence-corrected chi connectivity index (χ3v) is 6.90. The Kier molecular flexibility index (Phi) is 6.52. The van der Waals surface area contributed by atoms with E-state index in [1.807, 2.05) is 25.3 Å². The molecule has 0 radical (unpaired) electrons. The first-order valence-electron chi connectivity index (χ1n) is 12.8. The van der Waals surface area contributed by atoms with Crippen molar-refractivity contribution in [1.29, 1.82) is 0 Å². The summed E-state index contributed by atoms with van der Waals surface area (Å²) in [4.78, 5) is 28.8. The van der Waals surface area contributed by atoms with Gasteiger partial charge < -0.3 is 14.2 Å². The highest BCUT2D eigenvalue weighted by atomic mass is 19.4. The van der Waals surface area contributed by atoms with Gasteiger partial charge in [0.25, 0.3) is 5.91 Å². The smallest absolute Gasteiger partial charge is 0.416 e. The first-order chi connectivity index (χ1) is 19.7. The molecule has 3 aromatic heterocycles. The number of aryl methyl sites for hydroxylation is 1. The zero-order valence-electron chi connectivity index (χ0n) is 22.1. The highest BCUT2D eigenvalue weighted by Gasteiger charge is 2.37. The Balaban J connectivity index is 1.42. The molecule has 1 amide bonds. The van der Waals surface area contributed by atoms with Gasteiger partial charge in [-0.25, -0.2) is 19.6 Å². The quantitative estimate of drug-likeness (QED) is 0.297. The molecule has 12 heteroatoms. The molecule has 1 aliphatic rings. The van der Waals surface area contributed by atoms with Crippen LogP contribution in [0.3, 0.4) is 0 Å². The topological polar surface area (TPSA) is 91.0 Å². The van der Waals surface area contributed by atoms with E-state index in [9.17, 15) is 18.0 Å². The van der Waals surface area contributed by atoms with Gasteiger partial charge >= 0.3 is 6.18 Å². The molecule has 4 heterocycles. The average molecular weight is 560 g/mol. The number of fused-ring (bicyclic) bond motifs is 1. The number of methoxy groups -OCH3 is 1. The number of ether oxygens (including phenoxy) is 1. The van der Waals surface area contributed by atoms with Gasteiger partial charge in [0.15, 0.2) is 11.6 Å². The Morgan fingerprint density at radius 1 is 0.976 bits per heavy atom. The van der Waals surface area contributed by atoms with Gasteiger partial charge in [0.1, 0.15) is 17.4 Å². The molecule has 41 heavy (non-hydrogen) atoms. The van der Waals surface area contributed by atoms with Crippen molar-refractivity contribution in [2.45, 2.75) is 25.7 Å². The number of halogens is 3. The molecule has 1 atom stereocenters. The second-order valence-electron chi connectivity index (χ2n) is 9.55. The van der Waals surface area contributed by atoms with Crippen molar-refractivity contribution in [3.8, 4) is 23.1 Å². The standard InChI is InChI=1S/C29H24F3N7O2/c1-18-16-37(17-33-18)23-13-12-22(34-27(23)41-2)25-35-26-24(19-8-10-21(11-9-19)29(30,31)32)38(14-15-39(26)36-25)28(40)20-6-4-3-5-7-20/h3-13,16-17,24H,14-15H2,1-2H3/t24-/m0/s1. The van der Waals surface area contributed by atoms with E-state index in [0.29, 0.717) is 46.6 Å². The summed E-state index contributed by atoms with van der Waals surface area (Å²) in [6.07, 6.45) is -0.973. The molecular weight excluding hydrogens is 535 g/mol. The van der Waals surface area contributed by atoms with E-state index in [2.05, 4.69) is 15.1 Å². The van der Waals surface area contributed by atoms with Crippen molar-refractivity contribution in [2.24, 2.45) is 0 Å². The van der Waals surface area contributed by atoms with Crippen molar-refractivity contribution < 1.29 is 22.7 Å². The number of imidazole rings is 1. The first-order valence-corrected chi connectivity index (χ1v) is 12.8. The molecule has 1 aliphatic heterocycles. The van der Waals surface area contributed by atoms with Crippen LogP contribution >= 0.6 is 0 Å². The molecule has 0 saturated carbocycles. The normalized spacial score (nSPS) is 15.0. The van der Waals surface area contributed by atoms with E-state index in [4.69, 9.17) is 9.72 Å². The predicted octanol–water partition coefficient (Wildman–Crippen LogP) is 5.11. The molecule has 0 aliphatic carbocycles. The fraction of sp³-hybridized carbons (Fsp3) is 0.207. The summed E-state index contributed by atoms with van der Waals surface area (Å²) in [5.74, 6) is 0.807. The molecular formula is C29H24F3N7O2. The van der Waals surface area contributed by atoms with E-state index in [1.54, 1.807) is 50.8 Å². The number of amides is 1. The summed E-state index contributed by atoms with van der Waals surface area (Å²) >= 11 is 0. The minimum absolute atomic E-state index is 0.258. The summed E-state index contributed by atoms with van der Waals surface area (Å²) in [5.41, 5.74) is 2.14. The zero-order chi connectivity index (χ0) is 28.7. The Morgan fingerprint density at radius 2 is 1.73 bits per heavy atom. The highest BCUT2D eigenvalue weighted by Crippen LogP contribution is 2.36. The van der Waals surface area contributed by atoms with Crippen LogP contribution in [0.5, 0.6) is 5.88 Å². The van der Waals surface area contributed by atoms with Crippen molar-refractivity contribution in [3.05, 3.63) is 107 Å². The Morgan fingerprint density at radius 3 is 2.39 bits per heavy atom. The van der Waals surface area contributed by atoms with Gasteiger partial charge in [-0.2, -0.15) is 13.2 Å². The summed E-state index contributed by atoms with van der Waals surface area (Å²) in [5, 5.41) is 4.65. The molecule has 208 valence electrons. The van der Waals surface area contributed by atoms with Crippen molar-refractivity contribution in [3.63, 3.8) is 0 Å². The van der Waals surface area contributed by atoms with Crippen molar-refractivity contribution in [2.75, 3.05) is 13.7 Å². The number of rotatable bonds is 5. The zero-order valence-corrected chi connectivity index (χ0v) is 22.1. The number of carbonyl (C=O) groups is 1. The van der Waals surface area contributed by atoms with Crippen LogP contribution < -0.4 is 4.74 Å². The minimum Gasteiger partial charge on any atom is -0.479 e. The first kappa shape index (κ1) is 26.2. The largest absolute Gasteiger partial charge is 0.479 e. The molecule has 9 nitrogen and oxygen atoms in total.